The molecule has 118 valence electrons. The monoisotopic (exact) mass is 320 g/mol. The molecule has 2 aromatic heterocycles. The van der Waals surface area contributed by atoms with E-state index in [4.69, 9.17) is 9.81 Å². The Bertz CT molecular complexity index is 959. The average Bonchev–Trinajstić information content (AvgIpc) is 2.99. The minimum absolute atomic E-state index is 0.0699. The number of nitrogens with one attached hydrogen (secondary N) is 1. The molecule has 0 radical (unpaired) electrons. The van der Waals surface area contributed by atoms with Crippen LogP contribution in [0.3, 0.4) is 0 Å². The van der Waals surface area contributed by atoms with Crippen LogP contribution in [0.4, 0.5) is 17.4 Å². The molecule has 0 saturated carbocycles. The summed E-state index contributed by atoms with van der Waals surface area (Å²) < 4.78 is 6.62. The lowest BCUT2D eigenvalue weighted by molar-refractivity contribution is -0.402. The lowest BCUT2D eigenvalue weighted by Gasteiger charge is -2.05. The van der Waals surface area contributed by atoms with Crippen LogP contribution in [-0.4, -0.2) is 20.3 Å². The Morgan fingerprint density at radius 3 is 2.65 bits per heavy atom. The number of furan rings is 1. The van der Waals surface area contributed by atoms with Crippen LogP contribution in [-0.2, 0) is 14.1 Å². The van der Waals surface area contributed by atoms with E-state index in [1.165, 1.54) is 20.2 Å². The highest BCUT2D eigenvalue weighted by Crippen LogP contribution is 2.18. The maximum Gasteiger partial charge on any atom is 0.491 e. The lowest BCUT2D eigenvalue weighted by Crippen LogP contribution is -2.37. The van der Waals surface area contributed by atoms with Gasteiger partial charge in [0.1, 0.15) is 4.92 Å². The normalized spacial score (nSPS) is 10.7. The number of aromatic nitrogens is 2. The van der Waals surface area contributed by atoms with Gasteiger partial charge in [0.05, 0.1) is 12.3 Å². The van der Waals surface area contributed by atoms with Crippen molar-refractivity contribution >= 4 is 23.6 Å². The SMILES string of the molecule is Cn1c(N/N=C/c2ccc([N+](=O)[O-])o2)c([N+]#N)c(=O)n(C)c1=O. The Kier molecular flexibility index (Phi) is 4.03. The van der Waals surface area contributed by atoms with Crippen molar-refractivity contribution in [1.82, 2.24) is 9.13 Å². The van der Waals surface area contributed by atoms with Gasteiger partial charge in [-0.15, -0.1) is 0 Å². The summed E-state index contributed by atoms with van der Waals surface area (Å²) >= 11 is 0. The highest BCUT2D eigenvalue weighted by molar-refractivity contribution is 5.77. The van der Waals surface area contributed by atoms with Crippen molar-refractivity contribution in [2.24, 2.45) is 19.2 Å². The van der Waals surface area contributed by atoms with Crippen LogP contribution in [0.15, 0.2) is 31.2 Å². The van der Waals surface area contributed by atoms with Crippen LogP contribution in [0.25, 0.3) is 4.98 Å². The van der Waals surface area contributed by atoms with Gasteiger partial charge in [-0.05, 0) is 6.07 Å². The average molecular weight is 320 g/mol. The predicted molar refractivity (Wildman–Crippen MR) is 78.2 cm³/mol. The van der Waals surface area contributed by atoms with Crippen LogP contribution < -0.4 is 16.7 Å². The standard InChI is InChI=1S/C11H9N7O5/c1-16-9(8(14-12)10(19)17(2)11(16)20)15-13-5-6-3-4-7(23-6)18(21)22/h3-5H,1-2H3/p+1/b13-5+. The second-order valence-corrected chi connectivity index (χ2v) is 4.31. The number of anilines is 1. The van der Waals surface area contributed by atoms with Gasteiger partial charge >= 0.3 is 22.8 Å². The Morgan fingerprint density at radius 2 is 2.09 bits per heavy atom. The summed E-state index contributed by atoms with van der Waals surface area (Å²) in [6, 6.07) is 2.45. The first-order valence-corrected chi connectivity index (χ1v) is 6.05. The molecule has 2 aromatic rings. The van der Waals surface area contributed by atoms with E-state index >= 15 is 0 Å². The van der Waals surface area contributed by atoms with Gasteiger partial charge in [-0.1, -0.05) is 0 Å². The Hall–Kier alpha value is -3.75. The number of nitro groups is 1. The van der Waals surface area contributed by atoms with Crippen molar-refractivity contribution < 1.29 is 9.34 Å². The second kappa shape index (κ2) is 5.93. The van der Waals surface area contributed by atoms with Crippen LogP contribution in [0, 0.1) is 15.5 Å². The third kappa shape index (κ3) is 2.83. The van der Waals surface area contributed by atoms with Gasteiger partial charge in [-0.3, -0.25) is 29.5 Å². The molecular formula is C11H10N7O5+. The smallest absolute Gasteiger partial charge is 0.400 e. The van der Waals surface area contributed by atoms with E-state index in [-0.39, 0.29) is 11.6 Å². The lowest BCUT2D eigenvalue weighted by atomic mass is 10.4. The van der Waals surface area contributed by atoms with Crippen LogP contribution in [0.1, 0.15) is 5.76 Å². The van der Waals surface area contributed by atoms with Crippen molar-refractivity contribution in [2.75, 3.05) is 5.43 Å². The largest absolute Gasteiger partial charge is 0.491 e. The van der Waals surface area contributed by atoms with Crippen molar-refractivity contribution in [3.63, 3.8) is 0 Å². The van der Waals surface area contributed by atoms with Gasteiger partial charge in [0.15, 0.2) is 10.7 Å². The van der Waals surface area contributed by atoms with E-state index in [0.717, 1.165) is 21.4 Å². The molecule has 2 heterocycles. The zero-order valence-electron chi connectivity index (χ0n) is 12.0. The maximum atomic E-state index is 11.8. The van der Waals surface area contributed by atoms with E-state index in [0.29, 0.717) is 0 Å². The van der Waals surface area contributed by atoms with Crippen LogP contribution in [0.2, 0.25) is 0 Å². The number of hydrogen-bond donors (Lipinski definition) is 1. The van der Waals surface area contributed by atoms with E-state index in [1.54, 1.807) is 0 Å². The van der Waals surface area contributed by atoms with Crippen LogP contribution >= 0.6 is 0 Å². The van der Waals surface area contributed by atoms with E-state index in [2.05, 4.69) is 15.5 Å². The summed E-state index contributed by atoms with van der Waals surface area (Å²) in [5.41, 5.74) is 0.468. The molecule has 0 bridgehead atoms. The molecule has 0 aromatic carbocycles. The highest BCUT2D eigenvalue weighted by Gasteiger charge is 2.26. The number of rotatable bonds is 4. The van der Waals surface area contributed by atoms with Gasteiger partial charge in [0.25, 0.3) is 0 Å². The zero-order chi connectivity index (χ0) is 17.1. The first-order valence-electron chi connectivity index (χ1n) is 6.05. The molecule has 1 N–H and O–H groups in total. The summed E-state index contributed by atoms with van der Waals surface area (Å²) in [5, 5.41) is 23.1. The summed E-state index contributed by atoms with van der Waals surface area (Å²) in [4.78, 5) is 36.2. The first-order chi connectivity index (χ1) is 10.9. The zero-order valence-corrected chi connectivity index (χ0v) is 12.0. The molecule has 0 aliphatic heterocycles. The summed E-state index contributed by atoms with van der Waals surface area (Å²) in [5.74, 6) is -0.545. The second-order valence-electron chi connectivity index (χ2n) is 4.31. The molecule has 0 aliphatic carbocycles. The van der Waals surface area contributed by atoms with E-state index in [9.17, 15) is 19.7 Å². The van der Waals surface area contributed by atoms with Crippen molar-refractivity contribution in [2.45, 2.75) is 0 Å². The fraction of sp³-hybridized carbons (Fsp3) is 0.182. The Balaban J connectivity index is 2.35. The number of hydrogen-bond acceptors (Lipinski definition) is 8. The summed E-state index contributed by atoms with van der Waals surface area (Å²) in [7, 11) is 2.57. The van der Waals surface area contributed by atoms with Crippen molar-refractivity contribution in [1.29, 1.82) is 5.39 Å². The molecule has 0 fully saturated rings. The molecule has 12 heteroatoms. The van der Waals surface area contributed by atoms with Gasteiger partial charge in [-0.25, -0.2) is 4.79 Å². The van der Waals surface area contributed by atoms with Gasteiger partial charge in [0, 0.05) is 14.1 Å². The minimum atomic E-state index is -0.818. The molecule has 0 saturated heterocycles. The summed E-state index contributed by atoms with van der Waals surface area (Å²) in [6.45, 7) is 0. The Morgan fingerprint density at radius 1 is 1.39 bits per heavy atom. The van der Waals surface area contributed by atoms with Gasteiger partial charge in [-0.2, -0.15) is 5.10 Å². The third-order valence-corrected chi connectivity index (χ3v) is 2.90. The number of hydrazone groups is 1. The Labute approximate surface area is 127 Å². The molecule has 0 aliphatic rings. The van der Waals surface area contributed by atoms with E-state index < -0.39 is 27.7 Å². The quantitative estimate of drug-likeness (QED) is 0.373. The molecular weight excluding hydrogens is 310 g/mol. The molecule has 2 rings (SSSR count). The van der Waals surface area contributed by atoms with Crippen LogP contribution in [0.5, 0.6) is 0 Å². The molecule has 0 atom stereocenters. The van der Waals surface area contributed by atoms with Gasteiger partial charge < -0.3 is 4.42 Å². The number of nitrogens with zero attached hydrogens (tertiary/aromatic N) is 6. The highest BCUT2D eigenvalue weighted by atomic mass is 16.6. The minimum Gasteiger partial charge on any atom is -0.400 e. The predicted octanol–water partition coefficient (Wildman–Crippen LogP) is 0.516. The van der Waals surface area contributed by atoms with E-state index in [1.807, 2.05) is 0 Å². The molecule has 12 nitrogen and oxygen atoms in total. The fourth-order valence-electron chi connectivity index (χ4n) is 1.71. The summed E-state index contributed by atoms with van der Waals surface area (Å²) in [6.07, 6.45) is 1.09. The van der Waals surface area contributed by atoms with Crippen molar-refractivity contribution in [3.05, 3.63) is 53.8 Å². The topological polar surface area (TPSA) is 153 Å². The number of diazo groups is 1. The molecule has 0 amide bonds. The molecule has 0 spiro atoms. The van der Waals surface area contributed by atoms with Gasteiger partial charge in [0.2, 0.25) is 11.2 Å². The molecule has 23 heavy (non-hydrogen) atoms. The molecule has 0 unspecified atom stereocenters. The van der Waals surface area contributed by atoms with Crippen molar-refractivity contribution in [3.8, 4) is 0 Å². The fourth-order valence-corrected chi connectivity index (χ4v) is 1.71. The third-order valence-electron chi connectivity index (χ3n) is 2.90. The maximum absolute atomic E-state index is 11.8. The first kappa shape index (κ1) is 15.6.